The van der Waals surface area contributed by atoms with E-state index in [4.69, 9.17) is 0 Å². The summed E-state index contributed by atoms with van der Waals surface area (Å²) < 4.78 is 0. The molecule has 0 spiro atoms. The zero-order valence-corrected chi connectivity index (χ0v) is 17.3. The molecule has 30 heavy (non-hydrogen) atoms. The highest BCUT2D eigenvalue weighted by atomic mass is 16.1. The summed E-state index contributed by atoms with van der Waals surface area (Å²) >= 11 is 0. The van der Waals surface area contributed by atoms with Crippen molar-refractivity contribution in [3.63, 3.8) is 0 Å². The number of hydrogen-bond donors (Lipinski definition) is 2. The van der Waals surface area contributed by atoms with Gasteiger partial charge in [0.25, 0.3) is 0 Å². The fraction of sp³-hybridized carbons (Fsp3) is 0.167. The van der Waals surface area contributed by atoms with Crippen LogP contribution < -0.4 is 20.7 Å². The quantitative estimate of drug-likeness (QED) is 0.444. The number of pyridine rings is 2. The maximum Gasteiger partial charge on any atom is 0.197 e. The summed E-state index contributed by atoms with van der Waals surface area (Å²) in [6.07, 6.45) is 0. The molecule has 0 aliphatic rings. The number of rotatable bonds is 2. The molecule has 6 nitrogen and oxygen atoms in total. The van der Waals surface area contributed by atoms with Crippen LogP contribution in [0.1, 0.15) is 0 Å². The number of anilines is 2. The van der Waals surface area contributed by atoms with E-state index in [1.54, 1.807) is 12.1 Å². The molecule has 0 amide bonds. The Bertz CT molecular complexity index is 1470. The van der Waals surface area contributed by atoms with Gasteiger partial charge in [0.2, 0.25) is 0 Å². The minimum Gasteiger partial charge on any atom is -0.378 e. The third-order valence-electron chi connectivity index (χ3n) is 5.71. The summed E-state index contributed by atoms with van der Waals surface area (Å²) in [6, 6.07) is 15.1. The minimum absolute atomic E-state index is 0.0479. The van der Waals surface area contributed by atoms with Crippen molar-refractivity contribution in [2.24, 2.45) is 0 Å². The number of benzene rings is 3. The van der Waals surface area contributed by atoms with Gasteiger partial charge >= 0.3 is 0 Å². The minimum atomic E-state index is -0.0479. The average molecular weight is 398 g/mol. The number of H-pyrrole nitrogens is 2. The molecule has 0 saturated heterocycles. The number of nitrogens with zero attached hydrogens (tertiary/aromatic N) is 2. The van der Waals surface area contributed by atoms with E-state index in [1.807, 2.05) is 74.4 Å². The molecule has 5 rings (SSSR count). The van der Waals surface area contributed by atoms with Crippen molar-refractivity contribution in [2.75, 3.05) is 38.0 Å². The second-order valence-electron chi connectivity index (χ2n) is 8.10. The smallest absolute Gasteiger partial charge is 0.197 e. The maximum absolute atomic E-state index is 13.2. The van der Waals surface area contributed by atoms with Gasteiger partial charge in [-0.05, 0) is 48.5 Å². The molecule has 2 N–H and O–H groups in total. The topological polar surface area (TPSA) is 72.2 Å². The van der Waals surface area contributed by atoms with E-state index < -0.39 is 0 Å². The maximum atomic E-state index is 13.2. The number of nitrogens with one attached hydrogen (secondary N) is 2. The molecule has 0 bridgehead atoms. The standard InChI is InChI=1S/C24H22N4O2/c1-27(2)13-5-7-19-15(9-13)23(29)17-11-22-18(12-21(17)25-19)24(30)16-10-14(28(3)4)6-8-20(16)26-22/h5-12H,1-4H3,(H,25,29)(H,26,30). The van der Waals surface area contributed by atoms with Crippen LogP contribution in [0.25, 0.3) is 43.6 Å². The van der Waals surface area contributed by atoms with Crippen LogP contribution in [0.5, 0.6) is 0 Å². The first kappa shape index (κ1) is 18.2. The molecular formula is C24H22N4O2. The monoisotopic (exact) mass is 398 g/mol. The van der Waals surface area contributed by atoms with Gasteiger partial charge in [0.1, 0.15) is 0 Å². The van der Waals surface area contributed by atoms with Crippen molar-refractivity contribution < 1.29 is 0 Å². The van der Waals surface area contributed by atoms with Gasteiger partial charge in [-0.15, -0.1) is 0 Å². The third kappa shape index (κ3) is 2.64. The van der Waals surface area contributed by atoms with Gasteiger partial charge in [-0.25, -0.2) is 0 Å². The van der Waals surface area contributed by atoms with Crippen LogP contribution in [0, 0.1) is 0 Å². The summed E-state index contributed by atoms with van der Waals surface area (Å²) in [6.45, 7) is 0. The molecule has 5 aromatic rings. The van der Waals surface area contributed by atoms with Gasteiger partial charge in [-0.3, -0.25) is 9.59 Å². The van der Waals surface area contributed by atoms with Crippen molar-refractivity contribution in [3.05, 3.63) is 69.0 Å². The zero-order chi connectivity index (χ0) is 21.2. The molecule has 0 unspecified atom stereocenters. The van der Waals surface area contributed by atoms with Crippen LogP contribution in [0.15, 0.2) is 58.1 Å². The van der Waals surface area contributed by atoms with E-state index in [1.165, 1.54) is 0 Å². The van der Waals surface area contributed by atoms with Crippen molar-refractivity contribution in [1.82, 2.24) is 9.97 Å². The number of hydrogen-bond acceptors (Lipinski definition) is 4. The average Bonchev–Trinajstić information content (AvgIpc) is 2.73. The normalized spacial score (nSPS) is 11.6. The van der Waals surface area contributed by atoms with Crippen molar-refractivity contribution in [3.8, 4) is 0 Å². The van der Waals surface area contributed by atoms with E-state index in [2.05, 4.69) is 9.97 Å². The SMILES string of the molecule is CN(C)c1ccc2[nH]c3cc4c(=O)c5cc(N(C)C)ccc5[nH]c4cc3c(=O)c2c1. The molecule has 0 atom stereocenters. The van der Waals surface area contributed by atoms with Crippen molar-refractivity contribution in [1.29, 1.82) is 0 Å². The Hall–Kier alpha value is -3.80. The van der Waals surface area contributed by atoms with E-state index in [0.717, 1.165) is 22.4 Å². The van der Waals surface area contributed by atoms with Crippen LogP contribution in [0.2, 0.25) is 0 Å². The lowest BCUT2D eigenvalue weighted by atomic mass is 10.0. The van der Waals surface area contributed by atoms with Crippen LogP contribution >= 0.6 is 0 Å². The lowest BCUT2D eigenvalue weighted by Gasteiger charge is -2.14. The molecule has 0 radical (unpaired) electrons. The summed E-state index contributed by atoms with van der Waals surface area (Å²) in [5.41, 5.74) is 4.65. The molecular weight excluding hydrogens is 376 g/mol. The second kappa shape index (κ2) is 6.35. The molecule has 3 aromatic carbocycles. The summed E-state index contributed by atoms with van der Waals surface area (Å²) in [7, 11) is 7.78. The first-order chi connectivity index (χ1) is 14.3. The van der Waals surface area contributed by atoms with Crippen LogP contribution in [-0.4, -0.2) is 38.2 Å². The lowest BCUT2D eigenvalue weighted by molar-refractivity contribution is 1.13. The van der Waals surface area contributed by atoms with Gasteiger partial charge in [-0.1, -0.05) is 0 Å². The second-order valence-corrected chi connectivity index (χ2v) is 8.10. The highest BCUT2D eigenvalue weighted by Crippen LogP contribution is 2.25. The molecule has 0 fully saturated rings. The van der Waals surface area contributed by atoms with Crippen LogP contribution in [0.4, 0.5) is 11.4 Å². The Morgan fingerprint density at radius 3 is 1.27 bits per heavy atom. The first-order valence-electron chi connectivity index (χ1n) is 9.78. The fourth-order valence-corrected chi connectivity index (χ4v) is 3.98. The number of fused-ring (bicyclic) bond motifs is 4. The molecule has 150 valence electrons. The molecule has 2 heterocycles. The van der Waals surface area contributed by atoms with Crippen LogP contribution in [-0.2, 0) is 0 Å². The molecule has 0 aliphatic carbocycles. The summed E-state index contributed by atoms with van der Waals surface area (Å²) in [5, 5.41) is 2.38. The Morgan fingerprint density at radius 1 is 0.533 bits per heavy atom. The highest BCUT2D eigenvalue weighted by molar-refractivity contribution is 6.03. The molecule has 2 aromatic heterocycles. The molecule has 6 heteroatoms. The van der Waals surface area contributed by atoms with Gasteiger partial charge in [0.05, 0.1) is 11.0 Å². The number of aromatic amines is 2. The van der Waals surface area contributed by atoms with E-state index >= 15 is 0 Å². The van der Waals surface area contributed by atoms with Gasteiger partial charge in [-0.2, -0.15) is 0 Å². The highest BCUT2D eigenvalue weighted by Gasteiger charge is 2.12. The Labute approximate surface area is 172 Å². The predicted molar refractivity (Wildman–Crippen MR) is 126 cm³/mol. The largest absolute Gasteiger partial charge is 0.378 e. The third-order valence-corrected chi connectivity index (χ3v) is 5.71. The Balaban J connectivity index is 1.87. The molecule has 0 saturated carbocycles. The van der Waals surface area contributed by atoms with Gasteiger partial charge < -0.3 is 19.8 Å². The van der Waals surface area contributed by atoms with Crippen LogP contribution in [0.3, 0.4) is 0 Å². The predicted octanol–water partition coefficient (Wildman–Crippen LogP) is 3.81. The van der Waals surface area contributed by atoms with Crippen molar-refractivity contribution in [2.45, 2.75) is 0 Å². The van der Waals surface area contributed by atoms with Gasteiger partial charge in [0.15, 0.2) is 10.9 Å². The Morgan fingerprint density at radius 2 is 0.900 bits per heavy atom. The fourth-order valence-electron chi connectivity index (χ4n) is 3.98. The van der Waals surface area contributed by atoms with E-state index in [-0.39, 0.29) is 10.9 Å². The van der Waals surface area contributed by atoms with Crippen molar-refractivity contribution >= 4 is 55.0 Å². The summed E-state index contributed by atoms with van der Waals surface area (Å²) in [5.74, 6) is 0. The number of aromatic nitrogens is 2. The van der Waals surface area contributed by atoms with E-state index in [0.29, 0.717) is 32.6 Å². The zero-order valence-electron chi connectivity index (χ0n) is 17.3. The lowest BCUT2D eigenvalue weighted by Crippen LogP contribution is -2.12. The summed E-state index contributed by atoms with van der Waals surface area (Å²) in [4.78, 5) is 37.1. The van der Waals surface area contributed by atoms with Gasteiger partial charge in [0, 0.05) is 72.1 Å². The van der Waals surface area contributed by atoms with E-state index in [9.17, 15) is 9.59 Å². The molecule has 0 aliphatic heterocycles. The first-order valence-corrected chi connectivity index (χ1v) is 9.78. The Kier molecular flexibility index (Phi) is 3.86.